The Morgan fingerprint density at radius 2 is 2.07 bits per heavy atom. The van der Waals surface area contributed by atoms with E-state index in [1.807, 2.05) is 49.6 Å². The summed E-state index contributed by atoms with van der Waals surface area (Å²) in [5.41, 5.74) is 4.13. The number of rotatable bonds is 5. The van der Waals surface area contributed by atoms with Crippen molar-refractivity contribution in [2.75, 3.05) is 13.2 Å². The van der Waals surface area contributed by atoms with Gasteiger partial charge in [0.05, 0.1) is 17.2 Å². The third-order valence-corrected chi connectivity index (χ3v) is 5.64. The van der Waals surface area contributed by atoms with Gasteiger partial charge in [-0.05, 0) is 39.0 Å². The summed E-state index contributed by atoms with van der Waals surface area (Å²) in [7, 11) is 0. The number of aromatic nitrogens is 2. The highest BCUT2D eigenvalue weighted by Gasteiger charge is 2.21. The van der Waals surface area contributed by atoms with E-state index in [2.05, 4.69) is 21.7 Å². The Kier molecular flexibility index (Phi) is 5.09. The van der Waals surface area contributed by atoms with Gasteiger partial charge in [0.15, 0.2) is 11.5 Å². The second kappa shape index (κ2) is 7.67. The summed E-state index contributed by atoms with van der Waals surface area (Å²) < 4.78 is 13.6. The van der Waals surface area contributed by atoms with Crippen LogP contribution in [0.1, 0.15) is 16.4 Å². The van der Waals surface area contributed by atoms with Gasteiger partial charge in [-0.15, -0.1) is 11.3 Å². The summed E-state index contributed by atoms with van der Waals surface area (Å²) >= 11 is 1.63. The molecule has 28 heavy (non-hydrogen) atoms. The standard InChI is InChI=1S/C21H23N3O3S/c1-13-8-17(18-12-28-15(3)23-18)14(2)24(13)10-21(25)22-9-16-11-26-19-6-4-5-7-20(19)27-16/h4-8,12,16H,9-11H2,1-3H3,(H,22,25). The molecule has 0 spiro atoms. The highest BCUT2D eigenvalue weighted by molar-refractivity contribution is 7.09. The molecule has 0 saturated heterocycles. The molecule has 146 valence electrons. The Morgan fingerprint density at radius 3 is 2.82 bits per heavy atom. The van der Waals surface area contributed by atoms with Gasteiger partial charge in [-0.25, -0.2) is 4.98 Å². The van der Waals surface area contributed by atoms with Crippen LogP contribution in [0.4, 0.5) is 0 Å². The zero-order valence-electron chi connectivity index (χ0n) is 16.2. The smallest absolute Gasteiger partial charge is 0.240 e. The van der Waals surface area contributed by atoms with Crippen molar-refractivity contribution in [3.8, 4) is 22.8 Å². The molecule has 0 saturated carbocycles. The van der Waals surface area contributed by atoms with Crippen molar-refractivity contribution in [1.29, 1.82) is 0 Å². The molecule has 1 aliphatic rings. The first kappa shape index (κ1) is 18.6. The topological polar surface area (TPSA) is 65.4 Å². The predicted octanol–water partition coefficient (Wildman–Crippen LogP) is 3.49. The largest absolute Gasteiger partial charge is 0.486 e. The van der Waals surface area contributed by atoms with E-state index < -0.39 is 0 Å². The zero-order valence-corrected chi connectivity index (χ0v) is 17.0. The van der Waals surface area contributed by atoms with Crippen LogP contribution in [-0.4, -0.2) is 34.7 Å². The van der Waals surface area contributed by atoms with E-state index >= 15 is 0 Å². The number of nitrogens with zero attached hydrogens (tertiary/aromatic N) is 2. The quantitative estimate of drug-likeness (QED) is 0.716. The van der Waals surface area contributed by atoms with Gasteiger partial charge in [0.2, 0.25) is 5.91 Å². The summed E-state index contributed by atoms with van der Waals surface area (Å²) in [6.45, 7) is 7.13. The lowest BCUT2D eigenvalue weighted by Gasteiger charge is -2.26. The Bertz CT molecular complexity index is 1010. The van der Waals surface area contributed by atoms with E-state index in [9.17, 15) is 4.79 Å². The van der Waals surface area contributed by atoms with Gasteiger partial charge in [0.25, 0.3) is 0 Å². The number of fused-ring (bicyclic) bond motifs is 1. The van der Waals surface area contributed by atoms with Gasteiger partial charge >= 0.3 is 0 Å². The number of aryl methyl sites for hydroxylation is 2. The molecule has 6 nitrogen and oxygen atoms in total. The zero-order chi connectivity index (χ0) is 19.7. The number of carbonyl (C=O) groups is 1. The molecule has 1 amide bonds. The van der Waals surface area contributed by atoms with Crippen LogP contribution in [0.2, 0.25) is 0 Å². The van der Waals surface area contributed by atoms with E-state index in [1.54, 1.807) is 11.3 Å². The Hall–Kier alpha value is -2.80. The van der Waals surface area contributed by atoms with Crippen molar-refractivity contribution >= 4 is 17.2 Å². The lowest BCUT2D eigenvalue weighted by atomic mass is 10.2. The minimum absolute atomic E-state index is 0.0507. The highest BCUT2D eigenvalue weighted by atomic mass is 32.1. The lowest BCUT2D eigenvalue weighted by molar-refractivity contribution is -0.122. The first-order valence-electron chi connectivity index (χ1n) is 9.25. The molecular formula is C21H23N3O3S. The third-order valence-electron chi connectivity index (χ3n) is 4.86. The van der Waals surface area contributed by atoms with Crippen LogP contribution in [0, 0.1) is 20.8 Å². The van der Waals surface area contributed by atoms with Crippen LogP contribution in [0.15, 0.2) is 35.7 Å². The number of hydrogen-bond acceptors (Lipinski definition) is 5. The molecule has 1 unspecified atom stereocenters. The first-order chi connectivity index (χ1) is 13.5. The van der Waals surface area contributed by atoms with Gasteiger partial charge in [-0.3, -0.25) is 4.79 Å². The third kappa shape index (κ3) is 3.75. The highest BCUT2D eigenvalue weighted by Crippen LogP contribution is 2.31. The minimum atomic E-state index is -0.195. The number of carbonyl (C=O) groups excluding carboxylic acids is 1. The van der Waals surface area contributed by atoms with Gasteiger partial charge in [-0.2, -0.15) is 0 Å². The van der Waals surface area contributed by atoms with Crippen molar-refractivity contribution in [2.24, 2.45) is 0 Å². The van der Waals surface area contributed by atoms with Crippen molar-refractivity contribution in [1.82, 2.24) is 14.9 Å². The molecule has 4 rings (SSSR count). The summed E-state index contributed by atoms with van der Waals surface area (Å²) in [6, 6.07) is 9.66. The number of ether oxygens (including phenoxy) is 2. The fourth-order valence-electron chi connectivity index (χ4n) is 3.38. The summed E-state index contributed by atoms with van der Waals surface area (Å²) in [5, 5.41) is 6.05. The predicted molar refractivity (Wildman–Crippen MR) is 109 cm³/mol. The van der Waals surface area contributed by atoms with Crippen molar-refractivity contribution in [3.05, 3.63) is 52.1 Å². The number of benzene rings is 1. The van der Waals surface area contributed by atoms with Gasteiger partial charge in [0.1, 0.15) is 19.3 Å². The van der Waals surface area contributed by atoms with E-state index in [0.717, 1.165) is 33.4 Å². The molecule has 0 bridgehead atoms. The van der Waals surface area contributed by atoms with Crippen molar-refractivity contribution < 1.29 is 14.3 Å². The second-order valence-corrected chi connectivity index (χ2v) is 7.99. The molecule has 2 aromatic heterocycles. The fraction of sp³-hybridized carbons (Fsp3) is 0.333. The van der Waals surface area contributed by atoms with E-state index in [0.29, 0.717) is 18.9 Å². The van der Waals surface area contributed by atoms with Gasteiger partial charge in [-0.1, -0.05) is 12.1 Å². The molecule has 0 aliphatic carbocycles. The number of hydrogen-bond donors (Lipinski definition) is 1. The van der Waals surface area contributed by atoms with Crippen LogP contribution in [0.5, 0.6) is 11.5 Å². The normalized spacial score (nSPS) is 15.5. The average Bonchev–Trinajstić information content (AvgIpc) is 3.24. The van der Waals surface area contributed by atoms with E-state index in [4.69, 9.17) is 9.47 Å². The fourth-order valence-corrected chi connectivity index (χ4v) is 3.99. The van der Waals surface area contributed by atoms with Crippen molar-refractivity contribution in [3.63, 3.8) is 0 Å². The molecule has 3 heterocycles. The molecule has 7 heteroatoms. The molecule has 1 aromatic carbocycles. The van der Waals surface area contributed by atoms with Crippen LogP contribution < -0.4 is 14.8 Å². The maximum absolute atomic E-state index is 12.5. The number of amides is 1. The Balaban J connectivity index is 1.37. The molecule has 1 atom stereocenters. The Labute approximate surface area is 168 Å². The van der Waals surface area contributed by atoms with Crippen molar-refractivity contribution in [2.45, 2.75) is 33.4 Å². The van der Waals surface area contributed by atoms with E-state index in [1.165, 1.54) is 0 Å². The number of thiazole rings is 1. The Morgan fingerprint density at radius 1 is 1.29 bits per heavy atom. The second-order valence-electron chi connectivity index (χ2n) is 6.92. The first-order valence-corrected chi connectivity index (χ1v) is 10.1. The summed E-state index contributed by atoms with van der Waals surface area (Å²) in [4.78, 5) is 17.1. The summed E-state index contributed by atoms with van der Waals surface area (Å²) in [6.07, 6.45) is -0.195. The van der Waals surface area contributed by atoms with Crippen LogP contribution in [0.3, 0.4) is 0 Å². The minimum Gasteiger partial charge on any atom is -0.486 e. The van der Waals surface area contributed by atoms with Crippen LogP contribution in [-0.2, 0) is 11.3 Å². The number of nitrogens with one attached hydrogen (secondary N) is 1. The van der Waals surface area contributed by atoms with E-state index in [-0.39, 0.29) is 18.6 Å². The maximum atomic E-state index is 12.5. The SMILES string of the molecule is Cc1nc(-c2cc(C)n(CC(=O)NCC3COc4ccccc4O3)c2C)cs1. The maximum Gasteiger partial charge on any atom is 0.240 e. The average molecular weight is 398 g/mol. The van der Waals surface area contributed by atoms with Gasteiger partial charge < -0.3 is 19.4 Å². The van der Waals surface area contributed by atoms with Gasteiger partial charge in [0, 0.05) is 22.3 Å². The molecule has 0 radical (unpaired) electrons. The number of para-hydroxylation sites is 2. The summed E-state index contributed by atoms with van der Waals surface area (Å²) in [5.74, 6) is 1.41. The molecular weight excluding hydrogens is 374 g/mol. The molecule has 1 aliphatic heterocycles. The van der Waals surface area contributed by atoms with Crippen LogP contribution in [0.25, 0.3) is 11.3 Å². The monoisotopic (exact) mass is 397 g/mol. The van der Waals surface area contributed by atoms with Crippen LogP contribution >= 0.6 is 11.3 Å². The lowest BCUT2D eigenvalue weighted by Crippen LogP contribution is -2.41. The molecule has 3 aromatic rings. The molecule has 0 fully saturated rings. The molecule has 1 N–H and O–H groups in total.